The number of hydrogen-bond donors (Lipinski definition) is 2. The summed E-state index contributed by atoms with van der Waals surface area (Å²) in [5, 5.41) is 13.8. The lowest BCUT2D eigenvalue weighted by molar-refractivity contribution is -0.149. The summed E-state index contributed by atoms with van der Waals surface area (Å²) in [6, 6.07) is 24.4. The van der Waals surface area contributed by atoms with Crippen molar-refractivity contribution in [1.29, 1.82) is 0 Å². The molecule has 0 spiro atoms. The van der Waals surface area contributed by atoms with Crippen molar-refractivity contribution in [2.75, 3.05) is 4.90 Å². The van der Waals surface area contributed by atoms with Gasteiger partial charge in [-0.05, 0) is 47.6 Å². The third kappa shape index (κ3) is 3.73. The lowest BCUT2D eigenvalue weighted by atomic mass is 9.75. The molecule has 2 amide bonds. The molecule has 2 N–H and O–H groups in total. The van der Waals surface area contributed by atoms with Crippen LogP contribution in [0.3, 0.4) is 0 Å². The number of carbonyl (C=O) groups excluding carboxylic acids is 2. The van der Waals surface area contributed by atoms with Crippen LogP contribution in [0.25, 0.3) is 11.1 Å². The fourth-order valence-corrected chi connectivity index (χ4v) is 5.97. The second-order valence-electron chi connectivity index (χ2n) is 10.3. The van der Waals surface area contributed by atoms with E-state index in [2.05, 4.69) is 5.32 Å². The fourth-order valence-electron chi connectivity index (χ4n) is 5.97. The van der Waals surface area contributed by atoms with Crippen molar-refractivity contribution in [2.45, 2.75) is 38.8 Å². The second-order valence-corrected chi connectivity index (χ2v) is 10.3. The number of aryl methyl sites for hydroxylation is 1. The highest BCUT2D eigenvalue weighted by Gasteiger charge is 2.68. The standard InChI is InChI=1S/C30H30N2O4/c1-18(2)17-30(29(35)36)25-24(27(33)32(28(25)34)23-12-8-7-9-19(23)3)26(31-30)22-15-13-21(14-16-22)20-10-5-4-6-11-20/h4-16,18,24-26,31H,17H2,1-3H3,(H,35,36). The summed E-state index contributed by atoms with van der Waals surface area (Å²) in [7, 11) is 0. The quantitative estimate of drug-likeness (QED) is 0.484. The molecule has 184 valence electrons. The van der Waals surface area contributed by atoms with Crippen molar-refractivity contribution in [3.8, 4) is 11.1 Å². The number of amides is 2. The number of benzene rings is 3. The number of anilines is 1. The van der Waals surface area contributed by atoms with E-state index < -0.39 is 35.3 Å². The Morgan fingerprint density at radius 1 is 0.917 bits per heavy atom. The maximum Gasteiger partial charge on any atom is 0.324 e. The number of nitrogens with one attached hydrogen (secondary N) is 1. The fraction of sp³-hybridized carbons (Fsp3) is 0.300. The zero-order valence-electron chi connectivity index (χ0n) is 20.6. The molecule has 2 saturated heterocycles. The van der Waals surface area contributed by atoms with E-state index >= 15 is 0 Å². The maximum atomic E-state index is 13.9. The Morgan fingerprint density at radius 3 is 2.14 bits per heavy atom. The monoisotopic (exact) mass is 482 g/mol. The summed E-state index contributed by atoms with van der Waals surface area (Å²) in [5.74, 6) is -3.70. The molecule has 4 atom stereocenters. The van der Waals surface area contributed by atoms with Crippen LogP contribution in [0, 0.1) is 24.7 Å². The van der Waals surface area contributed by atoms with Crippen LogP contribution in [0.4, 0.5) is 5.69 Å². The summed E-state index contributed by atoms with van der Waals surface area (Å²) in [6.45, 7) is 5.72. The molecule has 0 aliphatic carbocycles. The number of aliphatic carboxylic acids is 1. The van der Waals surface area contributed by atoms with Crippen LogP contribution < -0.4 is 10.2 Å². The number of rotatable bonds is 6. The predicted molar refractivity (Wildman–Crippen MR) is 138 cm³/mol. The molecule has 0 aromatic heterocycles. The third-order valence-electron chi connectivity index (χ3n) is 7.50. The number of para-hydroxylation sites is 1. The topological polar surface area (TPSA) is 86.7 Å². The zero-order valence-corrected chi connectivity index (χ0v) is 20.6. The SMILES string of the molecule is Cc1ccccc1N1C(=O)C2C(c3ccc(-c4ccccc4)cc3)NC(CC(C)C)(C(=O)O)C2C1=O. The highest BCUT2D eigenvalue weighted by atomic mass is 16.4. The first-order chi connectivity index (χ1) is 17.2. The Balaban J connectivity index is 1.60. The number of hydrogen-bond acceptors (Lipinski definition) is 4. The first-order valence-electron chi connectivity index (χ1n) is 12.3. The minimum absolute atomic E-state index is 0.00358. The van der Waals surface area contributed by atoms with Gasteiger partial charge in [0.2, 0.25) is 11.8 Å². The third-order valence-corrected chi connectivity index (χ3v) is 7.50. The van der Waals surface area contributed by atoms with Gasteiger partial charge in [0.25, 0.3) is 0 Å². The van der Waals surface area contributed by atoms with E-state index in [-0.39, 0.29) is 18.2 Å². The Morgan fingerprint density at radius 2 is 1.53 bits per heavy atom. The van der Waals surface area contributed by atoms with Gasteiger partial charge in [-0.25, -0.2) is 4.90 Å². The summed E-state index contributed by atoms with van der Waals surface area (Å²) in [4.78, 5) is 41.8. The first kappa shape index (κ1) is 23.9. The molecular weight excluding hydrogens is 452 g/mol. The largest absolute Gasteiger partial charge is 0.480 e. The maximum absolute atomic E-state index is 13.9. The molecule has 0 bridgehead atoms. The molecule has 0 saturated carbocycles. The predicted octanol–water partition coefficient (Wildman–Crippen LogP) is 4.98. The van der Waals surface area contributed by atoms with Gasteiger partial charge in [-0.15, -0.1) is 0 Å². The van der Waals surface area contributed by atoms with Crippen molar-refractivity contribution in [3.05, 3.63) is 90.0 Å². The van der Waals surface area contributed by atoms with Crippen LogP contribution in [0.15, 0.2) is 78.9 Å². The molecule has 3 aromatic rings. The van der Waals surface area contributed by atoms with Gasteiger partial charge in [0.15, 0.2) is 0 Å². The molecule has 3 aromatic carbocycles. The molecule has 36 heavy (non-hydrogen) atoms. The Hall–Kier alpha value is -3.77. The molecule has 2 aliphatic rings. The highest BCUT2D eigenvalue weighted by molar-refractivity contribution is 6.24. The molecule has 2 heterocycles. The molecule has 6 nitrogen and oxygen atoms in total. The van der Waals surface area contributed by atoms with E-state index in [0.29, 0.717) is 5.69 Å². The van der Waals surface area contributed by atoms with Crippen molar-refractivity contribution in [3.63, 3.8) is 0 Å². The summed E-state index contributed by atoms with van der Waals surface area (Å²) in [6.07, 6.45) is 0.239. The van der Waals surface area contributed by atoms with Gasteiger partial charge in [-0.3, -0.25) is 19.7 Å². The molecule has 5 rings (SSSR count). The normalized spacial score (nSPS) is 25.4. The van der Waals surface area contributed by atoms with E-state index in [9.17, 15) is 19.5 Å². The van der Waals surface area contributed by atoms with E-state index in [4.69, 9.17) is 0 Å². The summed E-state index contributed by atoms with van der Waals surface area (Å²) < 4.78 is 0. The minimum Gasteiger partial charge on any atom is -0.480 e. The van der Waals surface area contributed by atoms with E-state index in [1.54, 1.807) is 12.1 Å². The number of carbonyl (C=O) groups is 3. The summed E-state index contributed by atoms with van der Waals surface area (Å²) in [5.41, 5.74) is 2.66. The number of carboxylic acid groups (broad SMARTS) is 1. The van der Waals surface area contributed by atoms with Gasteiger partial charge in [-0.2, -0.15) is 0 Å². The van der Waals surface area contributed by atoms with Gasteiger partial charge in [0, 0.05) is 6.04 Å². The van der Waals surface area contributed by atoms with E-state index in [1.165, 1.54) is 4.90 Å². The van der Waals surface area contributed by atoms with Crippen molar-refractivity contribution in [2.24, 2.45) is 17.8 Å². The highest BCUT2D eigenvalue weighted by Crippen LogP contribution is 2.52. The lowest BCUT2D eigenvalue weighted by Crippen LogP contribution is -2.56. The van der Waals surface area contributed by atoms with E-state index in [1.807, 2.05) is 87.5 Å². The smallest absolute Gasteiger partial charge is 0.324 e. The molecule has 0 radical (unpaired) electrons. The number of imide groups is 1. The number of fused-ring (bicyclic) bond motifs is 1. The van der Waals surface area contributed by atoms with Crippen LogP contribution in [-0.4, -0.2) is 28.4 Å². The van der Waals surface area contributed by atoms with Crippen molar-refractivity contribution < 1.29 is 19.5 Å². The summed E-state index contributed by atoms with van der Waals surface area (Å²) >= 11 is 0. The van der Waals surface area contributed by atoms with Crippen molar-refractivity contribution >= 4 is 23.5 Å². The van der Waals surface area contributed by atoms with E-state index in [0.717, 1.165) is 22.3 Å². The van der Waals surface area contributed by atoms with Crippen LogP contribution >= 0.6 is 0 Å². The first-order valence-corrected chi connectivity index (χ1v) is 12.3. The minimum atomic E-state index is -1.54. The van der Waals surface area contributed by atoms with Crippen LogP contribution in [0.2, 0.25) is 0 Å². The zero-order chi connectivity index (χ0) is 25.6. The second kappa shape index (κ2) is 9.03. The lowest BCUT2D eigenvalue weighted by Gasteiger charge is -2.32. The molecular formula is C30H30N2O4. The number of nitrogens with zero attached hydrogens (tertiary/aromatic N) is 1. The molecule has 4 unspecified atom stereocenters. The number of carboxylic acids is 1. The van der Waals surface area contributed by atoms with Crippen LogP contribution in [-0.2, 0) is 14.4 Å². The van der Waals surface area contributed by atoms with Crippen LogP contribution in [0.1, 0.15) is 37.4 Å². The van der Waals surface area contributed by atoms with Gasteiger partial charge >= 0.3 is 5.97 Å². The van der Waals surface area contributed by atoms with Crippen molar-refractivity contribution in [1.82, 2.24) is 5.32 Å². The Kier molecular flexibility index (Phi) is 6.00. The Bertz CT molecular complexity index is 1320. The van der Waals surface area contributed by atoms with Crippen LogP contribution in [0.5, 0.6) is 0 Å². The molecule has 2 aliphatic heterocycles. The van der Waals surface area contributed by atoms with Gasteiger partial charge in [0.05, 0.1) is 17.5 Å². The molecule has 2 fully saturated rings. The van der Waals surface area contributed by atoms with Gasteiger partial charge < -0.3 is 5.11 Å². The van der Waals surface area contributed by atoms with Gasteiger partial charge in [-0.1, -0.05) is 86.6 Å². The average Bonchev–Trinajstić information content (AvgIpc) is 3.34. The Labute approximate surface area is 211 Å². The molecule has 6 heteroatoms. The average molecular weight is 483 g/mol. The van der Waals surface area contributed by atoms with Gasteiger partial charge in [0.1, 0.15) is 5.54 Å².